The number of anilines is 18. The summed E-state index contributed by atoms with van der Waals surface area (Å²) in [5, 5.41) is 5.00. The molecule has 4 aliphatic heterocycles. The van der Waals surface area contributed by atoms with Gasteiger partial charge in [0, 0.05) is 115 Å². The first-order valence-corrected chi connectivity index (χ1v) is 38.0. The molecule has 4 aliphatic rings. The van der Waals surface area contributed by atoms with Gasteiger partial charge in [0.2, 0.25) is 0 Å². The molecule has 6 nitrogen and oxygen atoms in total. The minimum absolute atomic E-state index is 0.220. The topological polar surface area (TPSA) is 19.4 Å². The predicted octanol–water partition coefficient (Wildman–Crippen LogP) is 23.2. The summed E-state index contributed by atoms with van der Waals surface area (Å²) >= 11 is 3.75. The van der Waals surface area contributed by atoms with Crippen LogP contribution >= 0.6 is 22.7 Å². The molecule has 494 valence electrons. The van der Waals surface area contributed by atoms with Crippen LogP contribution in [0, 0.1) is 0 Å². The molecule has 0 aliphatic carbocycles. The third-order valence-corrected chi connectivity index (χ3v) is 24.4. The van der Waals surface area contributed by atoms with E-state index < -0.39 is 0 Å². The van der Waals surface area contributed by atoms with Crippen LogP contribution in [0.25, 0.3) is 51.5 Å². The lowest BCUT2D eigenvalue weighted by Gasteiger charge is -2.48. The molecule has 0 saturated heterocycles. The number of para-hydroxylation sites is 8. The monoisotopic (exact) mass is 1380 g/mol. The van der Waals surface area contributed by atoms with Crippen molar-refractivity contribution in [3.63, 3.8) is 0 Å². The molecule has 0 saturated carbocycles. The number of rotatable bonds is 11. The number of hydrogen-bond acceptors (Lipinski definition) is 8. The molecule has 6 heterocycles. The Morgan fingerprint density at radius 1 is 0.236 bits per heavy atom. The minimum Gasteiger partial charge on any atom is -0.311 e. The van der Waals surface area contributed by atoms with Crippen molar-refractivity contribution in [1.29, 1.82) is 0 Å². The summed E-state index contributed by atoms with van der Waals surface area (Å²) in [7, 11) is 0. The maximum Gasteiger partial charge on any atom is 0.252 e. The molecule has 2 aromatic heterocycles. The summed E-state index contributed by atoms with van der Waals surface area (Å²) in [6.45, 7) is -0.455. The van der Waals surface area contributed by atoms with E-state index in [2.05, 4.69) is 406 Å². The zero-order valence-electron chi connectivity index (χ0n) is 57.5. The number of fused-ring (bicyclic) bond motifs is 14. The van der Waals surface area contributed by atoms with E-state index in [0.29, 0.717) is 0 Å². The van der Waals surface area contributed by atoms with Crippen LogP contribution in [0.3, 0.4) is 0 Å². The fraction of sp³-hybridized carbons (Fsp3) is 0. The Balaban J connectivity index is 0.882. The van der Waals surface area contributed by atoms with Gasteiger partial charge in [-0.25, -0.2) is 0 Å². The molecule has 10 heteroatoms. The Labute approximate surface area is 623 Å². The first-order chi connectivity index (χ1) is 52.6. The second kappa shape index (κ2) is 24.3. The maximum atomic E-state index is 2.67. The quantitative estimate of drug-likeness (QED) is 0.119. The van der Waals surface area contributed by atoms with Crippen LogP contribution < -0.4 is 62.2 Å². The van der Waals surface area contributed by atoms with Crippen molar-refractivity contribution < 1.29 is 0 Å². The molecular formula is C96H62B2N6S2. The lowest BCUT2D eigenvalue weighted by atomic mass is 9.30. The van der Waals surface area contributed by atoms with Crippen LogP contribution in [0.5, 0.6) is 0 Å². The highest BCUT2D eigenvalue weighted by atomic mass is 32.1. The summed E-state index contributed by atoms with van der Waals surface area (Å²) in [5.74, 6) is 0. The van der Waals surface area contributed by atoms with E-state index in [9.17, 15) is 0 Å². The number of hydrogen-bond donors (Lipinski definition) is 0. The molecule has 18 aromatic rings. The first kappa shape index (κ1) is 60.5. The Morgan fingerprint density at radius 3 is 1.25 bits per heavy atom. The average molecular weight is 1390 g/mol. The van der Waals surface area contributed by atoms with Gasteiger partial charge >= 0.3 is 0 Å². The molecule has 16 aromatic carbocycles. The lowest BCUT2D eigenvalue weighted by molar-refractivity contribution is 1.22. The smallest absolute Gasteiger partial charge is 0.252 e. The second-order valence-corrected chi connectivity index (χ2v) is 30.0. The van der Waals surface area contributed by atoms with Crippen molar-refractivity contribution >= 4 is 212 Å². The van der Waals surface area contributed by atoms with Gasteiger partial charge in [-0.2, -0.15) is 0 Å². The molecule has 0 radical (unpaired) electrons. The van der Waals surface area contributed by atoms with Gasteiger partial charge in [0.05, 0.1) is 33.1 Å². The molecule has 0 atom stereocenters. The average Bonchev–Trinajstić information content (AvgIpc) is 0.757. The standard InChI is InChI=1S/C96H62B2N6S2/c1-7-31-63(32-8-1)71-43-19-24-49-79(71)103-85-62-84-77(61-78(85)97-75-47-22-25-50-80(75)101(67-39-15-5-16-40-67)86-57-69(58-88(103)94(86)97)99(64-33-9-2-10-34-64)65-35-11-3-12-36-65)98-76-48-23-26-51-81(76)104(83-53-29-46-73-72-44-20-27-54-90(72)106-96(73)83)89-60-70(59-87(95(89)98)102(84)68-41-17-6-18-42-68)100(66-37-13-4-14-38-66)82-52-30-56-92-93(82)74-45-21-28-55-91(74)105-92/h1-62H. The van der Waals surface area contributed by atoms with Gasteiger partial charge in [0.25, 0.3) is 13.4 Å². The SMILES string of the molecule is c1ccc(-c2ccccc2N2c3cc4c(cc3B3c5ccccc5N(c5ccccc5)c5cc(N(c6ccccc6)c6ccccc6)cc2c53)B2c3ccccc3N(c3cccc5c3sc3ccccc35)c3cc(N(c5ccccc5)c5cccc6sc7ccccc7c56)cc(c32)N4c2ccccc2)cc1. The fourth-order valence-corrected chi connectivity index (χ4v) is 20.2. The predicted molar refractivity (Wildman–Crippen MR) is 455 cm³/mol. The van der Waals surface area contributed by atoms with Gasteiger partial charge in [0.15, 0.2) is 0 Å². The van der Waals surface area contributed by atoms with Crippen molar-refractivity contribution in [3.8, 4) is 11.1 Å². The molecule has 0 amide bonds. The fourth-order valence-electron chi connectivity index (χ4n) is 17.8. The largest absolute Gasteiger partial charge is 0.311 e. The molecule has 106 heavy (non-hydrogen) atoms. The zero-order chi connectivity index (χ0) is 69.5. The Kier molecular flexibility index (Phi) is 13.8. The Hall–Kier alpha value is -13.1. The number of benzene rings is 16. The van der Waals surface area contributed by atoms with E-state index in [1.165, 1.54) is 73.1 Å². The lowest BCUT2D eigenvalue weighted by Crippen LogP contribution is -2.65. The summed E-state index contributed by atoms with van der Waals surface area (Å²) in [6, 6.07) is 141. The van der Waals surface area contributed by atoms with Gasteiger partial charge in [-0.05, 0) is 178 Å². The minimum atomic E-state index is -0.235. The van der Waals surface area contributed by atoms with Crippen molar-refractivity contribution in [2.45, 2.75) is 0 Å². The molecule has 0 spiro atoms. The Morgan fingerprint density at radius 2 is 0.642 bits per heavy atom. The molecule has 0 bridgehead atoms. The first-order valence-electron chi connectivity index (χ1n) is 36.4. The summed E-state index contributed by atoms with van der Waals surface area (Å²) in [5.41, 5.74) is 29.6. The zero-order valence-corrected chi connectivity index (χ0v) is 59.1. The number of nitrogens with zero attached hydrogens (tertiary/aromatic N) is 6. The van der Waals surface area contributed by atoms with E-state index in [4.69, 9.17) is 0 Å². The van der Waals surface area contributed by atoms with Gasteiger partial charge in [-0.1, -0.05) is 237 Å². The summed E-state index contributed by atoms with van der Waals surface area (Å²) in [6.07, 6.45) is 0. The van der Waals surface area contributed by atoms with Gasteiger partial charge in [-0.3, -0.25) is 0 Å². The summed E-state index contributed by atoms with van der Waals surface area (Å²) in [4.78, 5) is 15.4. The second-order valence-electron chi connectivity index (χ2n) is 27.8. The third-order valence-electron chi connectivity index (χ3n) is 22.1. The molecule has 22 rings (SSSR count). The molecule has 0 fully saturated rings. The highest BCUT2D eigenvalue weighted by Gasteiger charge is 2.49. The van der Waals surface area contributed by atoms with Crippen molar-refractivity contribution in [2.75, 3.05) is 29.4 Å². The van der Waals surface area contributed by atoms with E-state index in [1.807, 2.05) is 22.7 Å². The third kappa shape index (κ3) is 9.24. The highest BCUT2D eigenvalue weighted by molar-refractivity contribution is 7.26. The van der Waals surface area contributed by atoms with Gasteiger partial charge < -0.3 is 29.4 Å². The van der Waals surface area contributed by atoms with Crippen LogP contribution in [0.1, 0.15) is 0 Å². The van der Waals surface area contributed by atoms with Gasteiger partial charge in [0.1, 0.15) is 0 Å². The molecule has 0 unspecified atom stereocenters. The Bertz CT molecular complexity index is 6490. The van der Waals surface area contributed by atoms with Gasteiger partial charge in [-0.15, -0.1) is 22.7 Å². The molecular weight excluding hydrogens is 1320 g/mol. The van der Waals surface area contributed by atoms with E-state index >= 15 is 0 Å². The van der Waals surface area contributed by atoms with E-state index in [0.717, 1.165) is 113 Å². The summed E-state index contributed by atoms with van der Waals surface area (Å²) < 4.78 is 5.03. The van der Waals surface area contributed by atoms with Crippen LogP contribution in [0.2, 0.25) is 0 Å². The van der Waals surface area contributed by atoms with Crippen LogP contribution in [-0.4, -0.2) is 13.4 Å². The maximum absolute atomic E-state index is 2.67. The van der Waals surface area contributed by atoms with Crippen LogP contribution in [0.15, 0.2) is 376 Å². The van der Waals surface area contributed by atoms with Crippen molar-refractivity contribution in [3.05, 3.63) is 376 Å². The molecule has 0 N–H and O–H groups in total. The van der Waals surface area contributed by atoms with Crippen molar-refractivity contribution in [2.24, 2.45) is 0 Å². The van der Waals surface area contributed by atoms with Crippen molar-refractivity contribution in [1.82, 2.24) is 0 Å². The van der Waals surface area contributed by atoms with E-state index in [-0.39, 0.29) is 13.4 Å². The van der Waals surface area contributed by atoms with Crippen LogP contribution in [0.4, 0.5) is 102 Å². The normalized spacial score (nSPS) is 13.0. The highest BCUT2D eigenvalue weighted by Crippen LogP contribution is 2.55. The van der Waals surface area contributed by atoms with Crippen LogP contribution in [-0.2, 0) is 0 Å². The van der Waals surface area contributed by atoms with E-state index in [1.54, 1.807) is 0 Å². The number of thiophene rings is 2.